The van der Waals surface area contributed by atoms with E-state index in [0.717, 1.165) is 18.4 Å². The summed E-state index contributed by atoms with van der Waals surface area (Å²) in [6.07, 6.45) is 2.92. The van der Waals surface area contributed by atoms with Gasteiger partial charge in [0.15, 0.2) is 0 Å². The van der Waals surface area contributed by atoms with Crippen molar-refractivity contribution in [3.63, 3.8) is 0 Å². The van der Waals surface area contributed by atoms with Crippen LogP contribution in [0.3, 0.4) is 0 Å². The lowest BCUT2D eigenvalue weighted by Crippen LogP contribution is -2.04. The maximum Gasteiger partial charge on any atom is 0.256 e. The summed E-state index contributed by atoms with van der Waals surface area (Å²) in [6, 6.07) is 1.86. The van der Waals surface area contributed by atoms with Crippen LogP contribution in [-0.4, -0.2) is 17.5 Å². The van der Waals surface area contributed by atoms with Gasteiger partial charge in [0.05, 0.1) is 6.54 Å². The molecule has 0 saturated heterocycles. The van der Waals surface area contributed by atoms with Crippen molar-refractivity contribution in [2.45, 2.75) is 25.8 Å². The molecule has 4 heteroatoms. The normalized spacial score (nSPS) is 11.1. The maximum atomic E-state index is 11.9. The van der Waals surface area contributed by atoms with E-state index < -0.39 is 6.43 Å². The molecule has 0 bridgehead atoms. The number of aromatic nitrogens is 1. The Hall–Kier alpha value is -0.900. The van der Waals surface area contributed by atoms with Crippen LogP contribution in [0.25, 0.3) is 0 Å². The predicted octanol–water partition coefficient (Wildman–Crippen LogP) is 1.64. The fourth-order valence-electron chi connectivity index (χ4n) is 1.22. The molecule has 0 radical (unpaired) electrons. The van der Waals surface area contributed by atoms with Crippen molar-refractivity contribution in [2.75, 3.05) is 6.54 Å². The average Bonchev–Trinajstić information content (AvgIpc) is 2.48. The van der Waals surface area contributed by atoms with Gasteiger partial charge < -0.3 is 10.3 Å². The van der Waals surface area contributed by atoms with Crippen molar-refractivity contribution in [3.8, 4) is 0 Å². The van der Waals surface area contributed by atoms with Crippen molar-refractivity contribution in [1.82, 2.24) is 4.57 Å². The zero-order valence-corrected chi connectivity index (χ0v) is 7.42. The number of hydrogen-bond acceptors (Lipinski definition) is 1. The highest BCUT2D eigenvalue weighted by molar-refractivity contribution is 5.10. The maximum absolute atomic E-state index is 11.9. The highest BCUT2D eigenvalue weighted by Gasteiger charge is 2.03. The number of nitrogens with zero attached hydrogens (tertiary/aromatic N) is 1. The quantitative estimate of drug-likeness (QED) is 0.748. The van der Waals surface area contributed by atoms with Crippen molar-refractivity contribution < 1.29 is 8.78 Å². The van der Waals surface area contributed by atoms with E-state index >= 15 is 0 Å². The summed E-state index contributed by atoms with van der Waals surface area (Å²) < 4.78 is 25.4. The van der Waals surface area contributed by atoms with Gasteiger partial charge in [0.25, 0.3) is 6.43 Å². The van der Waals surface area contributed by atoms with Crippen LogP contribution < -0.4 is 5.73 Å². The highest BCUT2D eigenvalue weighted by atomic mass is 19.3. The second-order valence-electron chi connectivity index (χ2n) is 3.00. The Labute approximate surface area is 76.3 Å². The van der Waals surface area contributed by atoms with Crippen LogP contribution >= 0.6 is 0 Å². The zero-order valence-electron chi connectivity index (χ0n) is 7.42. The van der Waals surface area contributed by atoms with Crippen molar-refractivity contribution in [1.29, 1.82) is 0 Å². The first-order valence-electron chi connectivity index (χ1n) is 4.35. The van der Waals surface area contributed by atoms with Gasteiger partial charge in [0, 0.05) is 12.4 Å². The van der Waals surface area contributed by atoms with Gasteiger partial charge in [-0.25, -0.2) is 8.78 Å². The summed E-state index contributed by atoms with van der Waals surface area (Å²) in [5.41, 5.74) is 6.41. The SMILES string of the molecule is NCCCc1ccn(CC(F)F)c1. The molecule has 0 saturated carbocycles. The molecule has 74 valence electrons. The molecule has 2 N–H and O–H groups in total. The molecule has 0 aliphatic carbocycles. The molecule has 0 fully saturated rings. The molecular weight excluding hydrogens is 174 g/mol. The highest BCUT2D eigenvalue weighted by Crippen LogP contribution is 2.06. The third kappa shape index (κ3) is 3.55. The Morgan fingerprint density at radius 2 is 2.23 bits per heavy atom. The van der Waals surface area contributed by atoms with Crippen LogP contribution in [0.4, 0.5) is 8.78 Å². The molecule has 1 aromatic heterocycles. The smallest absolute Gasteiger partial charge is 0.256 e. The summed E-state index contributed by atoms with van der Waals surface area (Å²) in [4.78, 5) is 0. The number of rotatable bonds is 5. The molecule has 2 nitrogen and oxygen atoms in total. The number of hydrogen-bond donors (Lipinski definition) is 1. The minimum Gasteiger partial charge on any atom is -0.348 e. The molecule has 0 atom stereocenters. The van der Waals surface area contributed by atoms with E-state index in [0.29, 0.717) is 6.54 Å². The van der Waals surface area contributed by atoms with E-state index in [1.807, 2.05) is 6.07 Å². The minimum absolute atomic E-state index is 0.220. The van der Waals surface area contributed by atoms with Gasteiger partial charge in [-0.15, -0.1) is 0 Å². The van der Waals surface area contributed by atoms with Gasteiger partial charge in [-0.3, -0.25) is 0 Å². The van der Waals surface area contributed by atoms with Crippen molar-refractivity contribution >= 4 is 0 Å². The summed E-state index contributed by atoms with van der Waals surface area (Å²) in [5, 5.41) is 0. The third-order valence-corrected chi connectivity index (χ3v) is 1.83. The number of alkyl halides is 2. The standard InChI is InChI=1S/C9H14F2N2/c10-9(11)7-13-5-3-8(6-13)2-1-4-12/h3,5-6,9H,1-2,4,7,12H2. The van der Waals surface area contributed by atoms with E-state index in [2.05, 4.69) is 0 Å². The summed E-state index contributed by atoms with van der Waals surface area (Å²) in [7, 11) is 0. The Morgan fingerprint density at radius 3 is 2.85 bits per heavy atom. The van der Waals surface area contributed by atoms with Gasteiger partial charge in [0.1, 0.15) is 0 Å². The van der Waals surface area contributed by atoms with E-state index in [1.54, 1.807) is 12.4 Å². The monoisotopic (exact) mass is 188 g/mol. The third-order valence-electron chi connectivity index (χ3n) is 1.83. The van der Waals surface area contributed by atoms with Gasteiger partial charge >= 0.3 is 0 Å². The number of halogens is 2. The second kappa shape index (κ2) is 4.97. The van der Waals surface area contributed by atoms with Crippen LogP contribution in [0.2, 0.25) is 0 Å². The first-order valence-corrected chi connectivity index (χ1v) is 4.35. The molecule has 0 aromatic carbocycles. The summed E-state index contributed by atoms with van der Waals surface area (Å²) in [6.45, 7) is 0.419. The number of nitrogens with two attached hydrogens (primary N) is 1. The Balaban J connectivity index is 2.44. The molecule has 13 heavy (non-hydrogen) atoms. The second-order valence-corrected chi connectivity index (χ2v) is 3.00. The molecule has 1 heterocycles. The van der Waals surface area contributed by atoms with Gasteiger partial charge in [-0.2, -0.15) is 0 Å². The lowest BCUT2D eigenvalue weighted by atomic mass is 10.2. The Morgan fingerprint density at radius 1 is 1.46 bits per heavy atom. The van der Waals surface area contributed by atoms with Gasteiger partial charge in [-0.1, -0.05) is 0 Å². The fraction of sp³-hybridized carbons (Fsp3) is 0.556. The lowest BCUT2D eigenvalue weighted by Gasteiger charge is -1.99. The first-order chi connectivity index (χ1) is 6.22. The first kappa shape index (κ1) is 10.2. The Kier molecular flexibility index (Phi) is 3.89. The van der Waals surface area contributed by atoms with Gasteiger partial charge in [0.2, 0.25) is 0 Å². The molecule has 0 amide bonds. The van der Waals surface area contributed by atoms with E-state index in [-0.39, 0.29) is 6.54 Å². The largest absolute Gasteiger partial charge is 0.348 e. The van der Waals surface area contributed by atoms with Gasteiger partial charge in [-0.05, 0) is 31.0 Å². The van der Waals surface area contributed by atoms with E-state index in [4.69, 9.17) is 5.73 Å². The molecule has 1 aromatic rings. The Bertz CT molecular complexity index is 246. The van der Waals surface area contributed by atoms with Crippen LogP contribution in [0.5, 0.6) is 0 Å². The van der Waals surface area contributed by atoms with Crippen molar-refractivity contribution in [3.05, 3.63) is 24.0 Å². The lowest BCUT2D eigenvalue weighted by molar-refractivity contribution is 0.126. The van der Waals surface area contributed by atoms with Crippen LogP contribution in [0, 0.1) is 0 Å². The van der Waals surface area contributed by atoms with Crippen LogP contribution in [0.15, 0.2) is 18.5 Å². The van der Waals surface area contributed by atoms with Crippen LogP contribution in [0.1, 0.15) is 12.0 Å². The zero-order chi connectivity index (χ0) is 9.68. The molecule has 0 spiro atoms. The topological polar surface area (TPSA) is 30.9 Å². The summed E-state index contributed by atoms with van der Waals surface area (Å²) >= 11 is 0. The fourth-order valence-corrected chi connectivity index (χ4v) is 1.22. The van der Waals surface area contributed by atoms with Crippen molar-refractivity contribution in [2.24, 2.45) is 5.73 Å². The average molecular weight is 188 g/mol. The molecule has 0 aliphatic rings. The van der Waals surface area contributed by atoms with Crippen LogP contribution in [-0.2, 0) is 13.0 Å². The molecule has 0 unspecified atom stereocenters. The molecular formula is C9H14F2N2. The number of aryl methyl sites for hydroxylation is 1. The minimum atomic E-state index is -2.28. The van der Waals surface area contributed by atoms with E-state index in [9.17, 15) is 8.78 Å². The molecule has 0 aliphatic heterocycles. The van der Waals surface area contributed by atoms with E-state index in [1.165, 1.54) is 4.57 Å². The summed E-state index contributed by atoms with van der Waals surface area (Å²) in [5.74, 6) is 0. The predicted molar refractivity (Wildman–Crippen MR) is 47.8 cm³/mol. The molecule has 1 rings (SSSR count).